The molecule has 0 aliphatic carbocycles. The Labute approximate surface area is 119 Å². The van der Waals surface area contributed by atoms with E-state index in [1.807, 2.05) is 0 Å². The Bertz CT molecular complexity index is 684. The van der Waals surface area contributed by atoms with Crippen molar-refractivity contribution in [2.45, 2.75) is 19.4 Å². The fraction of sp³-hybridized carbons (Fsp3) is 0.286. The molecule has 3 nitrogen and oxygen atoms in total. The van der Waals surface area contributed by atoms with Crippen LogP contribution in [-0.2, 0) is 17.8 Å². The van der Waals surface area contributed by atoms with Crippen molar-refractivity contribution in [1.82, 2.24) is 9.78 Å². The number of hydrogen-bond donors (Lipinski definition) is 0. The molecule has 2 aromatic rings. The minimum Gasteiger partial charge on any atom is -0.281 e. The van der Waals surface area contributed by atoms with E-state index in [2.05, 4.69) is 5.10 Å². The lowest BCUT2D eigenvalue weighted by Crippen LogP contribution is -2.23. The first-order valence-corrected chi connectivity index (χ1v) is 6.63. The molecule has 0 fully saturated rings. The molecule has 1 aromatic heterocycles. The molecule has 1 atom stereocenters. The average molecular weight is 297 g/mol. The molecule has 0 amide bonds. The molecule has 6 heteroatoms. The van der Waals surface area contributed by atoms with Crippen LogP contribution >= 0.6 is 11.6 Å². The van der Waals surface area contributed by atoms with Crippen LogP contribution in [0.15, 0.2) is 24.4 Å². The van der Waals surface area contributed by atoms with Gasteiger partial charge < -0.3 is 0 Å². The van der Waals surface area contributed by atoms with Gasteiger partial charge in [-0.25, -0.2) is 8.78 Å². The lowest BCUT2D eigenvalue weighted by Gasteiger charge is -2.21. The number of carbonyl (C=O) groups excluding carboxylic acids is 1. The molecule has 1 aliphatic rings. The average Bonchev–Trinajstić information content (AvgIpc) is 2.81. The lowest BCUT2D eigenvalue weighted by atomic mass is 9.93. The van der Waals surface area contributed by atoms with E-state index in [0.29, 0.717) is 24.9 Å². The number of nitrogens with zero attached hydrogens (tertiary/aromatic N) is 2. The Morgan fingerprint density at radius 2 is 2.15 bits per heavy atom. The van der Waals surface area contributed by atoms with Gasteiger partial charge in [-0.15, -0.1) is 0 Å². The highest BCUT2D eigenvalue weighted by Crippen LogP contribution is 2.32. The molecule has 1 aromatic carbocycles. The van der Waals surface area contributed by atoms with Crippen molar-refractivity contribution in [2.75, 3.05) is 0 Å². The highest BCUT2D eigenvalue weighted by molar-refractivity contribution is 6.64. The van der Waals surface area contributed by atoms with Gasteiger partial charge in [0.1, 0.15) is 11.6 Å². The van der Waals surface area contributed by atoms with Gasteiger partial charge >= 0.3 is 0 Å². The van der Waals surface area contributed by atoms with Crippen LogP contribution in [0.3, 0.4) is 0 Å². The summed E-state index contributed by atoms with van der Waals surface area (Å²) in [6.07, 6.45) is 2.60. The van der Waals surface area contributed by atoms with Crippen LogP contribution in [0, 0.1) is 17.6 Å². The molecular weight excluding hydrogens is 286 g/mol. The van der Waals surface area contributed by atoms with Gasteiger partial charge in [-0.05, 0) is 30.2 Å². The van der Waals surface area contributed by atoms with Crippen molar-refractivity contribution in [3.05, 3.63) is 41.7 Å². The van der Waals surface area contributed by atoms with Crippen LogP contribution in [0.2, 0.25) is 0 Å². The number of aryl methyl sites for hydroxylation is 1. The number of rotatable bonds is 2. The molecule has 0 bridgehead atoms. The van der Waals surface area contributed by atoms with Gasteiger partial charge in [0, 0.05) is 41.8 Å². The van der Waals surface area contributed by atoms with Gasteiger partial charge in [0.25, 0.3) is 0 Å². The molecule has 0 N–H and O–H groups in total. The predicted molar refractivity (Wildman–Crippen MR) is 70.3 cm³/mol. The molecule has 1 unspecified atom stereocenters. The standard InChI is InChI=1S/C14H11ClF2N2O/c15-14(20)8-3-4-19-13(5-8)11(7-18-19)10-2-1-9(16)6-12(10)17/h1-2,6-8H,3-5H2. The van der Waals surface area contributed by atoms with E-state index in [9.17, 15) is 13.6 Å². The maximum atomic E-state index is 13.9. The van der Waals surface area contributed by atoms with Crippen LogP contribution in [0.5, 0.6) is 0 Å². The van der Waals surface area contributed by atoms with E-state index >= 15 is 0 Å². The van der Waals surface area contributed by atoms with Crippen molar-refractivity contribution in [2.24, 2.45) is 5.92 Å². The number of benzene rings is 1. The summed E-state index contributed by atoms with van der Waals surface area (Å²) < 4.78 is 28.6. The highest BCUT2D eigenvalue weighted by atomic mass is 35.5. The zero-order chi connectivity index (χ0) is 14.3. The predicted octanol–water partition coefficient (Wildman–Crippen LogP) is 3.16. The maximum absolute atomic E-state index is 13.9. The van der Waals surface area contributed by atoms with E-state index in [-0.39, 0.29) is 16.7 Å². The minimum absolute atomic E-state index is 0.275. The molecular formula is C14H11ClF2N2O. The minimum atomic E-state index is -0.639. The van der Waals surface area contributed by atoms with E-state index in [4.69, 9.17) is 11.6 Å². The molecule has 3 rings (SSSR count). The van der Waals surface area contributed by atoms with Crippen molar-refractivity contribution in [3.63, 3.8) is 0 Å². The Kier molecular flexibility index (Phi) is 3.30. The Balaban J connectivity index is 2.04. The molecule has 0 spiro atoms. The van der Waals surface area contributed by atoms with Crippen LogP contribution in [0.1, 0.15) is 12.1 Å². The Hall–Kier alpha value is -1.75. The normalized spacial score (nSPS) is 17.9. The first-order valence-electron chi connectivity index (χ1n) is 6.25. The summed E-state index contributed by atoms with van der Waals surface area (Å²) in [6, 6.07) is 3.43. The van der Waals surface area contributed by atoms with Crippen molar-refractivity contribution >= 4 is 16.8 Å². The van der Waals surface area contributed by atoms with E-state index < -0.39 is 11.6 Å². The summed E-state index contributed by atoms with van der Waals surface area (Å²) in [5, 5.41) is 3.81. The molecule has 0 saturated heterocycles. The number of carbonyl (C=O) groups is 1. The number of hydrogen-bond acceptors (Lipinski definition) is 2. The largest absolute Gasteiger partial charge is 0.281 e. The number of aromatic nitrogens is 2. The second kappa shape index (κ2) is 4.98. The summed E-state index contributed by atoms with van der Waals surface area (Å²) in [6.45, 7) is 0.571. The quantitative estimate of drug-likeness (QED) is 0.798. The molecule has 2 heterocycles. The number of fused-ring (bicyclic) bond motifs is 1. The van der Waals surface area contributed by atoms with Gasteiger partial charge in [0.15, 0.2) is 0 Å². The maximum Gasteiger partial charge on any atom is 0.225 e. The monoisotopic (exact) mass is 296 g/mol. The van der Waals surface area contributed by atoms with Gasteiger partial charge in [0.05, 0.1) is 6.20 Å². The zero-order valence-corrected chi connectivity index (χ0v) is 11.2. The topological polar surface area (TPSA) is 34.9 Å². The summed E-state index contributed by atoms with van der Waals surface area (Å²) in [7, 11) is 0. The van der Waals surface area contributed by atoms with Crippen molar-refractivity contribution in [1.29, 1.82) is 0 Å². The van der Waals surface area contributed by atoms with Crippen molar-refractivity contribution in [3.8, 4) is 11.1 Å². The van der Waals surface area contributed by atoms with E-state index in [1.54, 1.807) is 10.9 Å². The molecule has 1 aliphatic heterocycles. The van der Waals surface area contributed by atoms with Crippen molar-refractivity contribution < 1.29 is 13.6 Å². The number of halogens is 3. The SMILES string of the molecule is O=C(Cl)C1CCn2ncc(-c3ccc(F)cc3F)c2C1. The Morgan fingerprint density at radius 1 is 1.35 bits per heavy atom. The first-order chi connectivity index (χ1) is 9.56. The van der Waals surface area contributed by atoms with Crippen LogP contribution in [-0.4, -0.2) is 15.0 Å². The highest BCUT2D eigenvalue weighted by Gasteiger charge is 2.27. The van der Waals surface area contributed by atoms with Crippen LogP contribution in [0.25, 0.3) is 11.1 Å². The third kappa shape index (κ3) is 2.22. The molecule has 0 saturated carbocycles. The summed E-state index contributed by atoms with van der Waals surface area (Å²) in [5.74, 6) is -1.54. The van der Waals surface area contributed by atoms with E-state index in [0.717, 1.165) is 11.8 Å². The van der Waals surface area contributed by atoms with Gasteiger partial charge in [-0.1, -0.05) is 0 Å². The second-order valence-corrected chi connectivity index (χ2v) is 5.22. The summed E-state index contributed by atoms with van der Waals surface area (Å²) >= 11 is 5.55. The molecule has 20 heavy (non-hydrogen) atoms. The third-order valence-electron chi connectivity index (χ3n) is 3.62. The summed E-state index contributed by atoms with van der Waals surface area (Å²) in [5.41, 5.74) is 1.64. The first kappa shape index (κ1) is 13.2. The summed E-state index contributed by atoms with van der Waals surface area (Å²) in [4.78, 5) is 11.3. The fourth-order valence-electron chi connectivity index (χ4n) is 2.56. The Morgan fingerprint density at radius 3 is 2.85 bits per heavy atom. The lowest BCUT2D eigenvalue weighted by molar-refractivity contribution is -0.115. The zero-order valence-electron chi connectivity index (χ0n) is 10.4. The second-order valence-electron chi connectivity index (χ2n) is 4.85. The smallest absolute Gasteiger partial charge is 0.225 e. The third-order valence-corrected chi connectivity index (χ3v) is 3.93. The van der Waals surface area contributed by atoms with Gasteiger partial charge in [0.2, 0.25) is 5.24 Å². The molecule has 104 valence electrons. The van der Waals surface area contributed by atoms with Gasteiger partial charge in [-0.3, -0.25) is 9.48 Å². The fourth-order valence-corrected chi connectivity index (χ4v) is 2.75. The van der Waals surface area contributed by atoms with Crippen LogP contribution < -0.4 is 0 Å². The van der Waals surface area contributed by atoms with E-state index in [1.165, 1.54) is 12.1 Å². The van der Waals surface area contributed by atoms with Gasteiger partial charge in [-0.2, -0.15) is 5.10 Å². The molecule has 0 radical (unpaired) electrons. The van der Waals surface area contributed by atoms with Crippen LogP contribution in [0.4, 0.5) is 8.78 Å².